The lowest BCUT2D eigenvalue weighted by Crippen LogP contribution is -2.40. The number of thioether (sulfide) groups is 1. The van der Waals surface area contributed by atoms with Crippen molar-refractivity contribution in [3.05, 3.63) is 0 Å². The van der Waals surface area contributed by atoms with Gasteiger partial charge in [0.1, 0.15) is 0 Å². The largest absolute Gasteiger partial charge is 0.316 e. The minimum atomic E-state index is 0.487. The van der Waals surface area contributed by atoms with Crippen molar-refractivity contribution in [1.29, 1.82) is 0 Å². The van der Waals surface area contributed by atoms with Gasteiger partial charge in [-0.15, -0.1) is 0 Å². The van der Waals surface area contributed by atoms with Gasteiger partial charge in [-0.2, -0.15) is 11.8 Å². The van der Waals surface area contributed by atoms with E-state index in [1.54, 1.807) is 0 Å². The van der Waals surface area contributed by atoms with Crippen LogP contribution in [0.15, 0.2) is 0 Å². The fourth-order valence-corrected chi connectivity index (χ4v) is 4.59. The highest BCUT2D eigenvalue weighted by Crippen LogP contribution is 2.35. The molecule has 0 aliphatic carbocycles. The zero-order valence-electron chi connectivity index (χ0n) is 12.4. The zero-order chi connectivity index (χ0) is 13.1. The molecule has 0 amide bonds. The molecule has 2 aliphatic rings. The van der Waals surface area contributed by atoms with E-state index in [1.165, 1.54) is 64.2 Å². The second kappa shape index (κ2) is 6.15. The Labute approximate surface area is 117 Å². The monoisotopic (exact) mass is 270 g/mol. The second-order valence-electron chi connectivity index (χ2n) is 6.81. The Bertz CT molecular complexity index is 259. The van der Waals surface area contributed by atoms with Crippen LogP contribution in [0.5, 0.6) is 0 Å². The first-order valence-electron chi connectivity index (χ1n) is 7.62. The Hall–Kier alpha value is 0.270. The van der Waals surface area contributed by atoms with Crippen molar-refractivity contribution in [2.24, 2.45) is 5.41 Å². The molecule has 0 radical (unpaired) electrons. The summed E-state index contributed by atoms with van der Waals surface area (Å²) in [5.74, 6) is 1.31. The molecule has 2 nitrogen and oxygen atoms in total. The minimum Gasteiger partial charge on any atom is -0.316 e. The van der Waals surface area contributed by atoms with E-state index in [4.69, 9.17) is 0 Å². The van der Waals surface area contributed by atoms with E-state index in [9.17, 15) is 0 Å². The average Bonchev–Trinajstić information content (AvgIpc) is 2.68. The van der Waals surface area contributed by atoms with Crippen molar-refractivity contribution in [2.45, 2.75) is 51.2 Å². The van der Waals surface area contributed by atoms with E-state index in [1.807, 2.05) is 0 Å². The summed E-state index contributed by atoms with van der Waals surface area (Å²) in [6.45, 7) is 13.5. The fraction of sp³-hybridized carbons (Fsp3) is 1.00. The summed E-state index contributed by atoms with van der Waals surface area (Å²) in [6.07, 6.45) is 5.45. The first kappa shape index (κ1) is 14.7. The van der Waals surface area contributed by atoms with Crippen LogP contribution >= 0.6 is 11.8 Å². The molecule has 1 N–H and O–H groups in total. The van der Waals surface area contributed by atoms with E-state index >= 15 is 0 Å². The van der Waals surface area contributed by atoms with E-state index in [0.29, 0.717) is 10.2 Å². The quantitative estimate of drug-likeness (QED) is 0.845. The summed E-state index contributed by atoms with van der Waals surface area (Å²) in [4.78, 5) is 2.74. The van der Waals surface area contributed by atoms with Crippen LogP contribution in [0.25, 0.3) is 0 Å². The third kappa shape index (κ3) is 3.88. The summed E-state index contributed by atoms with van der Waals surface area (Å²) in [6, 6.07) is 0. The lowest BCUT2D eigenvalue weighted by atomic mass is 9.82. The van der Waals surface area contributed by atoms with Crippen LogP contribution in [0.3, 0.4) is 0 Å². The summed E-state index contributed by atoms with van der Waals surface area (Å²) in [7, 11) is 0. The van der Waals surface area contributed by atoms with Crippen molar-refractivity contribution in [1.82, 2.24) is 10.2 Å². The van der Waals surface area contributed by atoms with Gasteiger partial charge in [0.05, 0.1) is 0 Å². The van der Waals surface area contributed by atoms with E-state index in [-0.39, 0.29) is 0 Å². The van der Waals surface area contributed by atoms with Crippen LogP contribution in [0.4, 0.5) is 0 Å². The molecule has 2 aliphatic heterocycles. The summed E-state index contributed by atoms with van der Waals surface area (Å²) < 4.78 is 0.487. The SMILES string of the molecule is CCCC1(CN2CCSC(C)(C)CC2)CCNC1. The minimum absolute atomic E-state index is 0.487. The smallest absolute Gasteiger partial charge is 0.0116 e. The molecule has 2 heterocycles. The Morgan fingerprint density at radius 3 is 2.72 bits per heavy atom. The molecule has 0 spiro atoms. The fourth-order valence-electron chi connectivity index (χ4n) is 3.45. The van der Waals surface area contributed by atoms with Gasteiger partial charge in [-0.25, -0.2) is 0 Å². The Morgan fingerprint density at radius 2 is 2.06 bits per heavy atom. The lowest BCUT2D eigenvalue weighted by molar-refractivity contribution is 0.157. The van der Waals surface area contributed by atoms with Gasteiger partial charge in [0.25, 0.3) is 0 Å². The summed E-state index contributed by atoms with van der Waals surface area (Å²) in [5.41, 5.74) is 0.577. The van der Waals surface area contributed by atoms with Crippen molar-refractivity contribution >= 4 is 11.8 Å². The third-order valence-corrected chi connectivity index (χ3v) is 5.97. The van der Waals surface area contributed by atoms with Crippen LogP contribution in [0, 0.1) is 5.41 Å². The van der Waals surface area contributed by atoms with Crippen molar-refractivity contribution in [2.75, 3.05) is 38.5 Å². The van der Waals surface area contributed by atoms with Crippen LogP contribution < -0.4 is 5.32 Å². The number of hydrogen-bond acceptors (Lipinski definition) is 3. The topological polar surface area (TPSA) is 15.3 Å². The summed E-state index contributed by atoms with van der Waals surface area (Å²) in [5, 5.41) is 3.59. The lowest BCUT2D eigenvalue weighted by Gasteiger charge is -2.34. The normalized spacial score (nSPS) is 33.5. The molecule has 2 rings (SSSR count). The van der Waals surface area contributed by atoms with Crippen LogP contribution in [-0.4, -0.2) is 48.1 Å². The van der Waals surface area contributed by atoms with Gasteiger partial charge in [0, 0.05) is 30.1 Å². The molecule has 0 aromatic carbocycles. The first-order valence-corrected chi connectivity index (χ1v) is 8.61. The van der Waals surface area contributed by atoms with Crippen molar-refractivity contribution in [3.8, 4) is 0 Å². The first-order chi connectivity index (χ1) is 8.55. The van der Waals surface area contributed by atoms with Crippen LogP contribution in [0.1, 0.15) is 46.5 Å². The van der Waals surface area contributed by atoms with E-state index in [0.717, 1.165) is 0 Å². The number of hydrogen-bond donors (Lipinski definition) is 1. The maximum atomic E-state index is 3.59. The molecule has 0 aromatic rings. The highest BCUT2D eigenvalue weighted by atomic mass is 32.2. The number of rotatable bonds is 4. The van der Waals surface area contributed by atoms with Crippen molar-refractivity contribution < 1.29 is 0 Å². The molecular weight excluding hydrogens is 240 g/mol. The van der Waals surface area contributed by atoms with Crippen LogP contribution in [0.2, 0.25) is 0 Å². The maximum Gasteiger partial charge on any atom is 0.0116 e. The predicted octanol–water partition coefficient (Wildman–Crippen LogP) is 2.98. The molecule has 0 saturated carbocycles. The molecular formula is C15H30N2S. The Kier molecular flexibility index (Phi) is 5.01. The Morgan fingerprint density at radius 1 is 1.22 bits per heavy atom. The van der Waals surface area contributed by atoms with Crippen LogP contribution in [-0.2, 0) is 0 Å². The van der Waals surface area contributed by atoms with E-state index < -0.39 is 0 Å². The molecule has 0 bridgehead atoms. The maximum absolute atomic E-state index is 3.59. The van der Waals surface area contributed by atoms with Gasteiger partial charge in [0.2, 0.25) is 0 Å². The molecule has 1 atom stereocenters. The number of nitrogens with zero attached hydrogens (tertiary/aromatic N) is 1. The van der Waals surface area contributed by atoms with E-state index in [2.05, 4.69) is 42.7 Å². The molecule has 1 unspecified atom stereocenters. The van der Waals surface area contributed by atoms with Crippen molar-refractivity contribution in [3.63, 3.8) is 0 Å². The predicted molar refractivity (Wildman–Crippen MR) is 82.4 cm³/mol. The second-order valence-corrected chi connectivity index (χ2v) is 8.61. The standard InChI is InChI=1S/C15H30N2S/c1-4-5-15(6-8-16-12-15)13-17-9-7-14(2,3)18-11-10-17/h16H,4-13H2,1-3H3. The Balaban J connectivity index is 1.91. The van der Waals surface area contributed by atoms with Gasteiger partial charge in [-0.1, -0.05) is 27.2 Å². The number of nitrogens with one attached hydrogen (secondary N) is 1. The summed E-state index contributed by atoms with van der Waals surface area (Å²) >= 11 is 2.16. The highest BCUT2D eigenvalue weighted by Gasteiger charge is 2.35. The van der Waals surface area contributed by atoms with Gasteiger partial charge < -0.3 is 10.2 Å². The molecule has 106 valence electrons. The van der Waals surface area contributed by atoms with Gasteiger partial charge in [-0.05, 0) is 37.8 Å². The van der Waals surface area contributed by atoms with Gasteiger partial charge in [-0.3, -0.25) is 0 Å². The highest BCUT2D eigenvalue weighted by molar-refractivity contribution is 8.00. The zero-order valence-corrected chi connectivity index (χ0v) is 13.2. The van der Waals surface area contributed by atoms with Gasteiger partial charge >= 0.3 is 0 Å². The van der Waals surface area contributed by atoms with Gasteiger partial charge in [0.15, 0.2) is 0 Å². The molecule has 2 saturated heterocycles. The third-order valence-electron chi connectivity index (χ3n) is 4.60. The molecule has 3 heteroatoms. The molecule has 18 heavy (non-hydrogen) atoms. The molecule has 0 aromatic heterocycles. The average molecular weight is 270 g/mol. The molecule has 2 fully saturated rings.